The Morgan fingerprint density at radius 3 is 2.75 bits per heavy atom. The summed E-state index contributed by atoms with van der Waals surface area (Å²) in [6.07, 6.45) is 2.95. The third-order valence-electron chi connectivity index (χ3n) is 1.91. The summed E-state index contributed by atoms with van der Waals surface area (Å²) in [4.78, 5) is 18.6. The van der Waals surface area contributed by atoms with Crippen LogP contribution < -0.4 is 4.74 Å². The first-order chi connectivity index (χ1) is 7.72. The molecule has 2 heterocycles. The van der Waals surface area contributed by atoms with Crippen LogP contribution in [0.25, 0.3) is 11.5 Å². The molecule has 0 saturated heterocycles. The van der Waals surface area contributed by atoms with Crippen LogP contribution in [0.2, 0.25) is 0 Å². The minimum atomic E-state index is -1.13. The van der Waals surface area contributed by atoms with Crippen molar-refractivity contribution in [3.05, 3.63) is 30.3 Å². The second-order valence-electron chi connectivity index (χ2n) is 2.88. The van der Waals surface area contributed by atoms with E-state index in [-0.39, 0.29) is 11.6 Å². The van der Waals surface area contributed by atoms with Gasteiger partial charge in [-0.25, -0.2) is 14.8 Å². The number of nitrogens with zero attached hydrogens (tertiary/aromatic N) is 2. The first kappa shape index (κ1) is 10.2. The molecule has 6 nitrogen and oxygen atoms in total. The fourth-order valence-electron chi connectivity index (χ4n) is 1.22. The van der Waals surface area contributed by atoms with Crippen molar-refractivity contribution in [2.45, 2.75) is 0 Å². The third-order valence-corrected chi connectivity index (χ3v) is 1.91. The van der Waals surface area contributed by atoms with Gasteiger partial charge < -0.3 is 14.3 Å². The molecule has 0 radical (unpaired) electrons. The number of hydrogen-bond acceptors (Lipinski definition) is 5. The SMILES string of the molecule is COc1nccnc1-c1ccc(C(=O)O)o1. The van der Waals surface area contributed by atoms with Crippen LogP contribution in [0.1, 0.15) is 10.6 Å². The lowest BCUT2D eigenvalue weighted by molar-refractivity contribution is 0.0663. The quantitative estimate of drug-likeness (QED) is 0.842. The number of aromatic nitrogens is 2. The van der Waals surface area contributed by atoms with Crippen molar-refractivity contribution >= 4 is 5.97 Å². The second-order valence-corrected chi connectivity index (χ2v) is 2.88. The van der Waals surface area contributed by atoms with Gasteiger partial charge in [0.25, 0.3) is 0 Å². The van der Waals surface area contributed by atoms with Crippen molar-refractivity contribution in [3.63, 3.8) is 0 Å². The summed E-state index contributed by atoms with van der Waals surface area (Å²) in [6.45, 7) is 0. The molecule has 2 aromatic heterocycles. The minimum Gasteiger partial charge on any atom is -0.479 e. The number of furan rings is 1. The number of carboxylic acid groups (broad SMARTS) is 1. The van der Waals surface area contributed by atoms with Crippen molar-refractivity contribution in [1.29, 1.82) is 0 Å². The monoisotopic (exact) mass is 220 g/mol. The highest BCUT2D eigenvalue weighted by Gasteiger charge is 2.15. The van der Waals surface area contributed by atoms with Crippen molar-refractivity contribution in [2.24, 2.45) is 0 Å². The molecule has 16 heavy (non-hydrogen) atoms. The van der Waals surface area contributed by atoms with Crippen LogP contribution in [0.15, 0.2) is 28.9 Å². The maximum absolute atomic E-state index is 10.6. The van der Waals surface area contributed by atoms with E-state index in [1.54, 1.807) is 0 Å². The molecular formula is C10H8N2O4. The smallest absolute Gasteiger partial charge is 0.371 e. The summed E-state index contributed by atoms with van der Waals surface area (Å²) in [7, 11) is 1.45. The zero-order valence-corrected chi connectivity index (χ0v) is 8.38. The van der Waals surface area contributed by atoms with Crippen molar-refractivity contribution < 1.29 is 19.1 Å². The van der Waals surface area contributed by atoms with E-state index in [9.17, 15) is 4.79 Å². The number of methoxy groups -OCH3 is 1. The van der Waals surface area contributed by atoms with E-state index in [2.05, 4.69) is 9.97 Å². The lowest BCUT2D eigenvalue weighted by Crippen LogP contribution is -1.94. The minimum absolute atomic E-state index is 0.150. The number of ether oxygens (including phenoxy) is 1. The normalized spacial score (nSPS) is 10.1. The molecule has 0 aliphatic carbocycles. The lowest BCUT2D eigenvalue weighted by Gasteiger charge is -2.01. The van der Waals surface area contributed by atoms with E-state index in [4.69, 9.17) is 14.3 Å². The average Bonchev–Trinajstić information content (AvgIpc) is 2.78. The Kier molecular flexibility index (Phi) is 2.55. The summed E-state index contributed by atoms with van der Waals surface area (Å²) in [5.41, 5.74) is 0.373. The molecule has 1 N–H and O–H groups in total. The van der Waals surface area contributed by atoms with Gasteiger partial charge in [-0.15, -0.1) is 0 Å². The van der Waals surface area contributed by atoms with Crippen LogP contribution >= 0.6 is 0 Å². The van der Waals surface area contributed by atoms with Crippen LogP contribution in [0.4, 0.5) is 0 Å². The van der Waals surface area contributed by atoms with Gasteiger partial charge in [0, 0.05) is 12.4 Å². The van der Waals surface area contributed by atoms with Gasteiger partial charge in [-0.2, -0.15) is 0 Å². The summed E-state index contributed by atoms with van der Waals surface area (Å²) in [5.74, 6) is -0.687. The molecule has 82 valence electrons. The van der Waals surface area contributed by atoms with E-state index >= 15 is 0 Å². The van der Waals surface area contributed by atoms with Crippen LogP contribution in [-0.2, 0) is 0 Å². The summed E-state index contributed by atoms with van der Waals surface area (Å²) in [6, 6.07) is 2.86. The van der Waals surface area contributed by atoms with E-state index < -0.39 is 5.97 Å². The fraction of sp³-hybridized carbons (Fsp3) is 0.100. The Balaban J connectivity index is 2.46. The maximum Gasteiger partial charge on any atom is 0.371 e. The van der Waals surface area contributed by atoms with Gasteiger partial charge in [-0.3, -0.25) is 0 Å². The van der Waals surface area contributed by atoms with Crippen molar-refractivity contribution in [3.8, 4) is 17.3 Å². The molecule has 0 atom stereocenters. The molecule has 2 aromatic rings. The van der Waals surface area contributed by atoms with Crippen LogP contribution in [-0.4, -0.2) is 28.2 Å². The Morgan fingerprint density at radius 2 is 2.12 bits per heavy atom. The van der Waals surface area contributed by atoms with E-state index in [1.165, 1.54) is 31.6 Å². The van der Waals surface area contributed by atoms with Gasteiger partial charge in [0.1, 0.15) is 0 Å². The molecular weight excluding hydrogens is 212 g/mol. The van der Waals surface area contributed by atoms with Gasteiger partial charge in [-0.1, -0.05) is 0 Å². The van der Waals surface area contributed by atoms with Crippen molar-refractivity contribution in [1.82, 2.24) is 9.97 Å². The predicted molar refractivity (Wildman–Crippen MR) is 53.2 cm³/mol. The highest BCUT2D eigenvalue weighted by Crippen LogP contribution is 2.26. The fourth-order valence-corrected chi connectivity index (χ4v) is 1.22. The molecule has 6 heteroatoms. The standard InChI is InChI=1S/C10H8N2O4/c1-15-9-8(11-4-5-12-9)6-2-3-7(16-6)10(13)14/h2-5H,1H3,(H,13,14). The second kappa shape index (κ2) is 4.01. The maximum atomic E-state index is 10.6. The molecule has 0 aliphatic rings. The Hall–Kier alpha value is -2.37. The zero-order chi connectivity index (χ0) is 11.5. The first-order valence-corrected chi connectivity index (χ1v) is 4.41. The highest BCUT2D eigenvalue weighted by atomic mass is 16.5. The topological polar surface area (TPSA) is 85.5 Å². The summed E-state index contributed by atoms with van der Waals surface area (Å²) >= 11 is 0. The summed E-state index contributed by atoms with van der Waals surface area (Å²) < 4.78 is 10.1. The van der Waals surface area contributed by atoms with Gasteiger partial charge >= 0.3 is 5.97 Å². The largest absolute Gasteiger partial charge is 0.479 e. The molecule has 0 fully saturated rings. The predicted octanol–water partition coefficient (Wildman–Crippen LogP) is 1.44. The summed E-state index contributed by atoms with van der Waals surface area (Å²) in [5, 5.41) is 8.71. The molecule has 0 bridgehead atoms. The van der Waals surface area contributed by atoms with Gasteiger partial charge in [0.15, 0.2) is 11.5 Å². The van der Waals surface area contributed by atoms with E-state index in [0.29, 0.717) is 11.5 Å². The zero-order valence-electron chi connectivity index (χ0n) is 8.38. The Morgan fingerprint density at radius 1 is 1.38 bits per heavy atom. The van der Waals surface area contributed by atoms with Gasteiger partial charge in [0.05, 0.1) is 7.11 Å². The highest BCUT2D eigenvalue weighted by molar-refractivity contribution is 5.85. The molecule has 0 aromatic carbocycles. The Labute approximate surface area is 90.5 Å². The Bertz CT molecular complexity index is 521. The number of hydrogen-bond donors (Lipinski definition) is 1. The van der Waals surface area contributed by atoms with Crippen molar-refractivity contribution in [2.75, 3.05) is 7.11 Å². The van der Waals surface area contributed by atoms with Crippen LogP contribution in [0.5, 0.6) is 5.88 Å². The van der Waals surface area contributed by atoms with Gasteiger partial charge in [-0.05, 0) is 12.1 Å². The molecule has 0 aliphatic heterocycles. The average molecular weight is 220 g/mol. The number of aromatic carboxylic acids is 1. The molecule has 0 amide bonds. The van der Waals surface area contributed by atoms with Gasteiger partial charge in [0.2, 0.25) is 11.6 Å². The molecule has 2 rings (SSSR count). The molecule has 0 spiro atoms. The number of carbonyl (C=O) groups is 1. The first-order valence-electron chi connectivity index (χ1n) is 4.41. The number of carboxylic acids is 1. The third kappa shape index (κ3) is 1.72. The number of rotatable bonds is 3. The lowest BCUT2D eigenvalue weighted by atomic mass is 10.3. The van der Waals surface area contributed by atoms with E-state index in [1.807, 2.05) is 0 Å². The molecule has 0 saturated carbocycles. The molecule has 0 unspecified atom stereocenters. The van der Waals surface area contributed by atoms with E-state index in [0.717, 1.165) is 0 Å². The van der Waals surface area contributed by atoms with Crippen LogP contribution in [0, 0.1) is 0 Å². The van der Waals surface area contributed by atoms with Crippen LogP contribution in [0.3, 0.4) is 0 Å².